The molecule has 0 bridgehead atoms. The molecule has 1 heterocycles. The second kappa shape index (κ2) is 4.27. The quantitative estimate of drug-likeness (QED) is 0.772. The van der Waals surface area contributed by atoms with Crippen molar-refractivity contribution in [1.29, 1.82) is 0 Å². The molecule has 0 saturated heterocycles. The summed E-state index contributed by atoms with van der Waals surface area (Å²) >= 11 is 6.14. The normalized spacial score (nSPS) is 22.4. The lowest BCUT2D eigenvalue weighted by Crippen LogP contribution is -2.42. The van der Waals surface area contributed by atoms with Crippen LogP contribution in [-0.2, 0) is 4.74 Å². The fourth-order valence-corrected chi connectivity index (χ4v) is 2.20. The van der Waals surface area contributed by atoms with Crippen LogP contribution in [0.1, 0.15) is 38.4 Å². The lowest BCUT2D eigenvalue weighted by molar-refractivity contribution is -0.222. The average Bonchev–Trinajstić information content (AvgIpc) is 2.30. The average molecular weight is 240 g/mol. The zero-order chi connectivity index (χ0) is 11.8. The van der Waals surface area contributed by atoms with Gasteiger partial charge in [0.05, 0.1) is 11.1 Å². The lowest BCUT2D eigenvalue weighted by Gasteiger charge is -2.40. The maximum absolute atomic E-state index is 6.14. The van der Waals surface area contributed by atoms with Crippen LogP contribution in [-0.4, -0.2) is 5.79 Å². The molecule has 0 spiro atoms. The highest BCUT2D eigenvalue weighted by atomic mass is 35.5. The molecule has 1 aromatic carbocycles. The maximum Gasteiger partial charge on any atom is 0.210 e. The molecular formula is C13H16ClO2. The van der Waals surface area contributed by atoms with E-state index in [1.54, 1.807) is 0 Å². The third-order valence-electron chi connectivity index (χ3n) is 3.07. The van der Waals surface area contributed by atoms with Crippen LogP contribution in [0, 0.1) is 6.92 Å². The monoisotopic (exact) mass is 239 g/mol. The summed E-state index contributed by atoms with van der Waals surface area (Å²) < 4.78 is 11.8. The number of para-hydroxylation sites is 1. The molecule has 1 atom stereocenters. The first-order chi connectivity index (χ1) is 7.62. The molecule has 1 radical (unpaired) electrons. The van der Waals surface area contributed by atoms with Gasteiger partial charge in [0, 0.05) is 18.4 Å². The van der Waals surface area contributed by atoms with Crippen molar-refractivity contribution in [2.24, 2.45) is 0 Å². The van der Waals surface area contributed by atoms with E-state index in [0.29, 0.717) is 5.02 Å². The van der Waals surface area contributed by atoms with Gasteiger partial charge in [0.1, 0.15) is 5.75 Å². The van der Waals surface area contributed by atoms with E-state index in [0.717, 1.165) is 24.2 Å². The van der Waals surface area contributed by atoms with Gasteiger partial charge in [-0.25, -0.2) is 0 Å². The Labute approximate surface area is 102 Å². The van der Waals surface area contributed by atoms with Crippen molar-refractivity contribution in [3.8, 4) is 5.75 Å². The zero-order valence-corrected chi connectivity index (χ0v) is 10.4. The van der Waals surface area contributed by atoms with Crippen LogP contribution in [0.15, 0.2) is 18.2 Å². The maximum atomic E-state index is 6.14. The van der Waals surface area contributed by atoms with Crippen LogP contribution >= 0.6 is 11.6 Å². The van der Waals surface area contributed by atoms with Crippen LogP contribution in [0.5, 0.6) is 5.75 Å². The standard InChI is InChI=1S/C13H16ClO2/c1-4-13(5-2)15-9(3)10-7-6-8-11(14)12(10)16-13/h6-9H,3-5H2,1-2H3/t9-/m0/s1. The van der Waals surface area contributed by atoms with E-state index in [2.05, 4.69) is 6.92 Å². The molecule has 1 aliphatic rings. The van der Waals surface area contributed by atoms with E-state index >= 15 is 0 Å². The van der Waals surface area contributed by atoms with Crippen LogP contribution in [0.3, 0.4) is 0 Å². The summed E-state index contributed by atoms with van der Waals surface area (Å²) in [5.74, 6) is 0.142. The van der Waals surface area contributed by atoms with Gasteiger partial charge in [-0.1, -0.05) is 37.6 Å². The molecule has 87 valence electrons. The Hall–Kier alpha value is -0.730. The Morgan fingerprint density at radius 2 is 2.06 bits per heavy atom. The van der Waals surface area contributed by atoms with Gasteiger partial charge < -0.3 is 9.47 Å². The summed E-state index contributed by atoms with van der Waals surface area (Å²) in [6.45, 7) is 8.09. The number of hydrogen-bond donors (Lipinski definition) is 0. The summed E-state index contributed by atoms with van der Waals surface area (Å²) in [6.07, 6.45) is 1.34. The minimum atomic E-state index is -0.579. The fourth-order valence-electron chi connectivity index (χ4n) is 1.98. The smallest absolute Gasteiger partial charge is 0.210 e. The molecule has 0 aromatic heterocycles. The van der Waals surface area contributed by atoms with E-state index < -0.39 is 5.79 Å². The highest BCUT2D eigenvalue weighted by Gasteiger charge is 2.38. The van der Waals surface area contributed by atoms with Gasteiger partial charge in [0.25, 0.3) is 0 Å². The Morgan fingerprint density at radius 3 is 2.69 bits per heavy atom. The highest BCUT2D eigenvalue weighted by molar-refractivity contribution is 6.32. The van der Waals surface area contributed by atoms with E-state index in [4.69, 9.17) is 21.1 Å². The molecule has 0 saturated carbocycles. The summed E-state index contributed by atoms with van der Waals surface area (Å²) in [4.78, 5) is 0. The van der Waals surface area contributed by atoms with Crippen molar-refractivity contribution in [2.45, 2.75) is 38.6 Å². The molecule has 0 amide bonds. The molecule has 16 heavy (non-hydrogen) atoms. The van der Waals surface area contributed by atoms with Gasteiger partial charge in [-0.05, 0) is 13.0 Å². The molecule has 0 unspecified atom stereocenters. The third kappa shape index (κ3) is 1.80. The number of rotatable bonds is 2. The van der Waals surface area contributed by atoms with Gasteiger partial charge >= 0.3 is 0 Å². The molecule has 1 aromatic rings. The molecule has 2 nitrogen and oxygen atoms in total. The van der Waals surface area contributed by atoms with Gasteiger partial charge in [0.2, 0.25) is 5.79 Å². The molecule has 0 aliphatic carbocycles. The Balaban J connectivity index is 2.45. The minimum absolute atomic E-state index is 0.220. The Kier molecular flexibility index (Phi) is 3.13. The van der Waals surface area contributed by atoms with Crippen molar-refractivity contribution in [3.63, 3.8) is 0 Å². The number of benzene rings is 1. The summed E-state index contributed by atoms with van der Waals surface area (Å²) in [7, 11) is 0. The van der Waals surface area contributed by atoms with E-state index in [1.165, 1.54) is 0 Å². The predicted molar refractivity (Wildman–Crippen MR) is 64.6 cm³/mol. The molecule has 0 N–H and O–H groups in total. The van der Waals surface area contributed by atoms with Crippen LogP contribution in [0.2, 0.25) is 5.02 Å². The number of halogens is 1. The van der Waals surface area contributed by atoms with E-state index in [-0.39, 0.29) is 6.10 Å². The molecule has 1 aliphatic heterocycles. The first-order valence-electron chi connectivity index (χ1n) is 5.60. The van der Waals surface area contributed by atoms with Crippen LogP contribution < -0.4 is 4.74 Å². The number of ether oxygens (including phenoxy) is 2. The van der Waals surface area contributed by atoms with Gasteiger partial charge in [-0.2, -0.15) is 0 Å². The van der Waals surface area contributed by atoms with Gasteiger partial charge in [-0.15, -0.1) is 0 Å². The van der Waals surface area contributed by atoms with Crippen molar-refractivity contribution in [2.75, 3.05) is 0 Å². The number of hydrogen-bond acceptors (Lipinski definition) is 2. The van der Waals surface area contributed by atoms with Crippen molar-refractivity contribution < 1.29 is 9.47 Å². The van der Waals surface area contributed by atoms with Crippen LogP contribution in [0.4, 0.5) is 0 Å². The molecule has 3 heteroatoms. The summed E-state index contributed by atoms with van der Waals surface area (Å²) in [5, 5.41) is 0.626. The van der Waals surface area contributed by atoms with Crippen molar-refractivity contribution in [3.05, 3.63) is 35.7 Å². The molecule has 2 rings (SSSR count). The van der Waals surface area contributed by atoms with E-state index in [1.807, 2.05) is 32.0 Å². The lowest BCUT2D eigenvalue weighted by atomic mass is 10.0. The Morgan fingerprint density at radius 1 is 1.38 bits per heavy atom. The first-order valence-corrected chi connectivity index (χ1v) is 5.98. The fraction of sp³-hybridized carbons (Fsp3) is 0.462. The van der Waals surface area contributed by atoms with Crippen LogP contribution in [0.25, 0.3) is 0 Å². The van der Waals surface area contributed by atoms with E-state index in [9.17, 15) is 0 Å². The predicted octanol–water partition coefficient (Wildman–Crippen LogP) is 4.14. The van der Waals surface area contributed by atoms with Crippen molar-refractivity contribution in [1.82, 2.24) is 0 Å². The molecule has 0 fully saturated rings. The largest absolute Gasteiger partial charge is 0.460 e. The second-order valence-corrected chi connectivity index (χ2v) is 4.39. The topological polar surface area (TPSA) is 18.5 Å². The summed E-state index contributed by atoms with van der Waals surface area (Å²) in [5.41, 5.74) is 0.921. The Bertz CT molecular complexity index is 386. The van der Waals surface area contributed by atoms with Gasteiger partial charge in [0.15, 0.2) is 0 Å². The zero-order valence-electron chi connectivity index (χ0n) is 9.63. The second-order valence-electron chi connectivity index (χ2n) is 3.98. The minimum Gasteiger partial charge on any atom is -0.460 e. The highest BCUT2D eigenvalue weighted by Crippen LogP contribution is 2.44. The summed E-state index contributed by atoms with van der Waals surface area (Å²) in [6, 6.07) is 5.65. The first kappa shape index (κ1) is 11.7. The number of fused-ring (bicyclic) bond motifs is 1. The van der Waals surface area contributed by atoms with Crippen molar-refractivity contribution >= 4 is 11.6 Å². The van der Waals surface area contributed by atoms with Gasteiger partial charge in [-0.3, -0.25) is 0 Å². The molecular weight excluding hydrogens is 224 g/mol. The third-order valence-corrected chi connectivity index (χ3v) is 3.36. The SMILES string of the molecule is [CH2][C@@H]1OC(CC)(CC)Oc2c(Cl)cccc21.